The van der Waals surface area contributed by atoms with Gasteiger partial charge in [0.1, 0.15) is 0 Å². The van der Waals surface area contributed by atoms with Crippen LogP contribution >= 0.6 is 0 Å². The monoisotopic (exact) mass is 147 g/mol. The van der Waals surface area contributed by atoms with Gasteiger partial charge in [0.25, 0.3) is 0 Å². The van der Waals surface area contributed by atoms with Crippen LogP contribution in [0.25, 0.3) is 0 Å². The highest BCUT2D eigenvalue weighted by Crippen LogP contribution is 2.56. The van der Waals surface area contributed by atoms with Crippen molar-refractivity contribution in [3.63, 3.8) is 0 Å². The summed E-state index contributed by atoms with van der Waals surface area (Å²) in [6.07, 6.45) is 0.259. The summed E-state index contributed by atoms with van der Waals surface area (Å²) in [6, 6.07) is 0. The first kappa shape index (κ1) is 6.53. The van der Waals surface area contributed by atoms with Gasteiger partial charge < -0.3 is 4.90 Å². The van der Waals surface area contributed by atoms with E-state index in [-0.39, 0.29) is 18.3 Å². The highest BCUT2D eigenvalue weighted by atomic mass is 19.3. The predicted octanol–water partition coefficient (Wildman–Crippen LogP) is 1.35. The van der Waals surface area contributed by atoms with E-state index >= 15 is 0 Å². The highest BCUT2D eigenvalue weighted by molar-refractivity contribution is 5.06. The Labute approximate surface area is 59.0 Å². The third-order valence-electron chi connectivity index (χ3n) is 2.48. The third-order valence-corrected chi connectivity index (χ3v) is 2.48. The minimum absolute atomic E-state index is 0.0260. The fraction of sp³-hybridized carbons (Fsp3) is 1.00. The van der Waals surface area contributed by atoms with Crippen LogP contribution in [0.1, 0.15) is 12.8 Å². The minimum atomic E-state index is -2.33. The zero-order chi connectivity index (χ0) is 7.41. The second-order valence-corrected chi connectivity index (χ2v) is 3.88. The quantitative estimate of drug-likeness (QED) is 0.500. The lowest BCUT2D eigenvalue weighted by atomic mass is 9.61. The summed E-state index contributed by atoms with van der Waals surface area (Å²) < 4.78 is 24.7. The van der Waals surface area contributed by atoms with E-state index in [1.807, 2.05) is 7.05 Å². The summed E-state index contributed by atoms with van der Waals surface area (Å²) in [5.41, 5.74) is 0.0260. The van der Waals surface area contributed by atoms with E-state index in [1.165, 1.54) is 0 Å². The molecule has 0 bridgehead atoms. The summed E-state index contributed by atoms with van der Waals surface area (Å²) in [5, 5.41) is 0. The summed E-state index contributed by atoms with van der Waals surface area (Å²) in [4.78, 5) is 2.09. The van der Waals surface area contributed by atoms with Gasteiger partial charge in [-0.05, 0) is 7.05 Å². The molecule has 1 heterocycles. The molecule has 1 aliphatic heterocycles. The van der Waals surface area contributed by atoms with Crippen LogP contribution in [0.15, 0.2) is 0 Å². The van der Waals surface area contributed by atoms with E-state index in [2.05, 4.69) is 4.90 Å². The molecule has 2 fully saturated rings. The fourth-order valence-corrected chi connectivity index (χ4v) is 2.37. The maximum atomic E-state index is 12.4. The van der Waals surface area contributed by atoms with Crippen LogP contribution in [0.5, 0.6) is 0 Å². The number of rotatable bonds is 0. The summed E-state index contributed by atoms with van der Waals surface area (Å²) in [7, 11) is 1.97. The molecule has 10 heavy (non-hydrogen) atoms. The number of hydrogen-bond acceptors (Lipinski definition) is 1. The largest absolute Gasteiger partial charge is 0.305 e. The predicted molar refractivity (Wildman–Crippen MR) is 34.1 cm³/mol. The Morgan fingerprint density at radius 1 is 1.20 bits per heavy atom. The van der Waals surface area contributed by atoms with Gasteiger partial charge >= 0.3 is 0 Å². The molecule has 1 spiro atoms. The van der Waals surface area contributed by atoms with Crippen molar-refractivity contribution in [2.45, 2.75) is 18.8 Å². The Morgan fingerprint density at radius 2 is 1.70 bits per heavy atom. The summed E-state index contributed by atoms with van der Waals surface area (Å²) in [6.45, 7) is 1.76. The smallest absolute Gasteiger partial charge is 0.249 e. The lowest BCUT2D eigenvalue weighted by Crippen LogP contribution is -2.64. The molecule has 2 aliphatic rings. The third kappa shape index (κ3) is 0.764. The van der Waals surface area contributed by atoms with Crippen molar-refractivity contribution in [3.05, 3.63) is 0 Å². The van der Waals surface area contributed by atoms with Crippen molar-refractivity contribution >= 4 is 0 Å². The molecule has 58 valence electrons. The highest BCUT2D eigenvalue weighted by Gasteiger charge is 2.60. The number of hydrogen-bond donors (Lipinski definition) is 0. The molecule has 1 saturated heterocycles. The van der Waals surface area contributed by atoms with Gasteiger partial charge in [-0.15, -0.1) is 0 Å². The average molecular weight is 147 g/mol. The Hall–Kier alpha value is -0.180. The zero-order valence-electron chi connectivity index (χ0n) is 6.03. The Kier molecular flexibility index (Phi) is 0.994. The maximum Gasteiger partial charge on any atom is 0.249 e. The number of nitrogens with zero attached hydrogens (tertiary/aromatic N) is 1. The van der Waals surface area contributed by atoms with Crippen molar-refractivity contribution < 1.29 is 8.78 Å². The number of alkyl halides is 2. The van der Waals surface area contributed by atoms with Gasteiger partial charge in [-0.3, -0.25) is 0 Å². The molecule has 0 aromatic rings. The van der Waals surface area contributed by atoms with E-state index in [4.69, 9.17) is 0 Å². The van der Waals surface area contributed by atoms with E-state index in [0.29, 0.717) is 0 Å². The molecular weight excluding hydrogens is 136 g/mol. The first-order valence-corrected chi connectivity index (χ1v) is 3.58. The molecule has 0 unspecified atom stereocenters. The molecular formula is C7H11F2N. The van der Waals surface area contributed by atoms with Gasteiger partial charge in [-0.25, -0.2) is 8.78 Å². The molecule has 1 nitrogen and oxygen atoms in total. The van der Waals surface area contributed by atoms with Crippen LogP contribution in [-0.4, -0.2) is 31.0 Å². The molecule has 0 amide bonds. The average Bonchev–Trinajstić information content (AvgIpc) is 1.55. The normalized spacial score (nSPS) is 35.1. The van der Waals surface area contributed by atoms with Gasteiger partial charge in [0.2, 0.25) is 5.92 Å². The van der Waals surface area contributed by atoms with Crippen molar-refractivity contribution in [1.82, 2.24) is 4.90 Å². The standard InChI is InChI=1S/C7H11F2N/c1-10-4-6(5-10)2-7(8,9)3-6/h2-5H2,1H3. The van der Waals surface area contributed by atoms with Crippen LogP contribution in [0.3, 0.4) is 0 Å². The van der Waals surface area contributed by atoms with Crippen LogP contribution in [0, 0.1) is 5.41 Å². The van der Waals surface area contributed by atoms with Crippen LogP contribution in [0.2, 0.25) is 0 Å². The second kappa shape index (κ2) is 1.52. The molecule has 1 aliphatic carbocycles. The molecule has 3 heteroatoms. The van der Waals surface area contributed by atoms with Crippen LogP contribution < -0.4 is 0 Å². The minimum Gasteiger partial charge on any atom is -0.305 e. The topological polar surface area (TPSA) is 3.24 Å². The van der Waals surface area contributed by atoms with Crippen molar-refractivity contribution in [2.24, 2.45) is 5.41 Å². The van der Waals surface area contributed by atoms with Gasteiger partial charge in [0.15, 0.2) is 0 Å². The van der Waals surface area contributed by atoms with Gasteiger partial charge in [0.05, 0.1) is 0 Å². The molecule has 2 rings (SSSR count). The van der Waals surface area contributed by atoms with Crippen LogP contribution in [-0.2, 0) is 0 Å². The first-order chi connectivity index (χ1) is 4.52. The van der Waals surface area contributed by atoms with Crippen LogP contribution in [0.4, 0.5) is 8.78 Å². The summed E-state index contributed by atoms with van der Waals surface area (Å²) in [5.74, 6) is -2.33. The number of halogens is 2. The molecule has 0 aromatic carbocycles. The van der Waals surface area contributed by atoms with E-state index in [1.54, 1.807) is 0 Å². The SMILES string of the molecule is CN1CC2(C1)CC(F)(F)C2. The van der Waals surface area contributed by atoms with Crippen molar-refractivity contribution in [1.29, 1.82) is 0 Å². The number of likely N-dealkylation sites (tertiary alicyclic amines) is 1. The van der Waals surface area contributed by atoms with Gasteiger partial charge in [-0.2, -0.15) is 0 Å². The van der Waals surface area contributed by atoms with Crippen molar-refractivity contribution in [3.8, 4) is 0 Å². The summed E-state index contributed by atoms with van der Waals surface area (Å²) >= 11 is 0. The molecule has 0 aromatic heterocycles. The Bertz CT molecular complexity index is 151. The molecule has 0 N–H and O–H groups in total. The Morgan fingerprint density at radius 3 is 2.00 bits per heavy atom. The molecule has 0 atom stereocenters. The van der Waals surface area contributed by atoms with E-state index in [0.717, 1.165) is 13.1 Å². The van der Waals surface area contributed by atoms with E-state index in [9.17, 15) is 8.78 Å². The molecule has 0 radical (unpaired) electrons. The fourth-order valence-electron chi connectivity index (χ4n) is 2.37. The van der Waals surface area contributed by atoms with E-state index < -0.39 is 5.92 Å². The first-order valence-electron chi connectivity index (χ1n) is 3.58. The lowest BCUT2D eigenvalue weighted by Gasteiger charge is -2.57. The lowest BCUT2D eigenvalue weighted by molar-refractivity contribution is -0.208. The van der Waals surface area contributed by atoms with Gasteiger partial charge in [0, 0.05) is 31.3 Å². The van der Waals surface area contributed by atoms with Crippen molar-refractivity contribution in [2.75, 3.05) is 20.1 Å². The zero-order valence-corrected chi connectivity index (χ0v) is 6.03. The second-order valence-electron chi connectivity index (χ2n) is 3.88. The van der Waals surface area contributed by atoms with Gasteiger partial charge in [-0.1, -0.05) is 0 Å². The Balaban J connectivity index is 1.91. The maximum absolute atomic E-state index is 12.4. The molecule has 1 saturated carbocycles.